The lowest BCUT2D eigenvalue weighted by molar-refractivity contribution is 0.483. The quantitative estimate of drug-likeness (QED) is 0.248. The Labute approximate surface area is 223 Å². The molecule has 6 nitrogen and oxygen atoms in total. The van der Waals surface area contributed by atoms with E-state index in [9.17, 15) is 0 Å². The van der Waals surface area contributed by atoms with Gasteiger partial charge in [0.2, 0.25) is 0 Å². The number of fused-ring (bicyclic) bond motifs is 1. The van der Waals surface area contributed by atoms with Crippen LogP contribution in [0.5, 0.6) is 11.5 Å². The molecule has 6 heteroatoms. The maximum atomic E-state index is 6.32. The van der Waals surface area contributed by atoms with Crippen LogP contribution in [0.25, 0.3) is 16.7 Å². The van der Waals surface area contributed by atoms with E-state index in [1.807, 2.05) is 47.4 Å². The van der Waals surface area contributed by atoms with Crippen molar-refractivity contribution in [2.24, 2.45) is 0 Å². The summed E-state index contributed by atoms with van der Waals surface area (Å²) < 4.78 is 8.20. The van der Waals surface area contributed by atoms with Crippen LogP contribution >= 0.6 is 0 Å². The fourth-order valence-electron chi connectivity index (χ4n) is 4.60. The standard InChI is InChI=1S/C32H31N5O/c1-23-8-11-26(12-9-23)35-16-17-36(22-35)27-6-5-7-28(19-27)38-29-13-10-24-21-34-37(30(24)20-29)31-18-25(14-15-33-31)32(2,3)4/h5-21H,22H2,1-4H3. The molecule has 0 amide bonds. The van der Waals surface area contributed by atoms with Gasteiger partial charge in [0.15, 0.2) is 5.82 Å². The Morgan fingerprint density at radius 3 is 2.34 bits per heavy atom. The Morgan fingerprint density at radius 1 is 0.789 bits per heavy atom. The van der Waals surface area contributed by atoms with Gasteiger partial charge in [0.25, 0.3) is 0 Å². The van der Waals surface area contributed by atoms with Crippen molar-refractivity contribution >= 4 is 22.3 Å². The normalized spacial score (nSPS) is 13.5. The van der Waals surface area contributed by atoms with Crippen molar-refractivity contribution in [1.82, 2.24) is 14.8 Å². The van der Waals surface area contributed by atoms with Crippen LogP contribution in [-0.2, 0) is 5.41 Å². The maximum absolute atomic E-state index is 6.32. The highest BCUT2D eigenvalue weighted by Gasteiger charge is 2.17. The van der Waals surface area contributed by atoms with Crippen molar-refractivity contribution < 1.29 is 4.74 Å². The zero-order valence-corrected chi connectivity index (χ0v) is 22.2. The number of aromatic nitrogens is 3. The lowest BCUT2D eigenvalue weighted by Gasteiger charge is -2.22. The highest BCUT2D eigenvalue weighted by Crippen LogP contribution is 2.31. The number of rotatable bonds is 5. The third-order valence-corrected chi connectivity index (χ3v) is 6.85. The number of hydrogen-bond donors (Lipinski definition) is 0. The predicted molar refractivity (Wildman–Crippen MR) is 154 cm³/mol. The molecular weight excluding hydrogens is 470 g/mol. The van der Waals surface area contributed by atoms with E-state index < -0.39 is 0 Å². The molecule has 190 valence electrons. The Balaban J connectivity index is 1.23. The molecule has 38 heavy (non-hydrogen) atoms. The number of ether oxygens (including phenoxy) is 1. The largest absolute Gasteiger partial charge is 0.457 e. The van der Waals surface area contributed by atoms with Gasteiger partial charge in [-0.15, -0.1) is 0 Å². The van der Waals surface area contributed by atoms with Crippen LogP contribution in [0.3, 0.4) is 0 Å². The first-order valence-electron chi connectivity index (χ1n) is 12.8. The molecule has 0 saturated heterocycles. The SMILES string of the molecule is Cc1ccc(N2C=CN(c3cccc(Oc4ccc5cnn(-c6cc(C(C)(C)C)ccn6)c5c4)c3)C2)cc1. The summed E-state index contributed by atoms with van der Waals surface area (Å²) in [6.45, 7) is 9.45. The second-order valence-electron chi connectivity index (χ2n) is 10.7. The van der Waals surface area contributed by atoms with Gasteiger partial charge in [-0.3, -0.25) is 0 Å². The Bertz CT molecular complexity index is 1630. The monoisotopic (exact) mass is 501 g/mol. The van der Waals surface area contributed by atoms with Gasteiger partial charge in [-0.05, 0) is 66.4 Å². The van der Waals surface area contributed by atoms with Gasteiger partial charge in [-0.2, -0.15) is 5.10 Å². The minimum Gasteiger partial charge on any atom is -0.457 e. The van der Waals surface area contributed by atoms with E-state index in [1.165, 1.54) is 16.8 Å². The van der Waals surface area contributed by atoms with Crippen LogP contribution < -0.4 is 14.5 Å². The molecule has 0 unspecified atom stereocenters. The van der Waals surface area contributed by atoms with E-state index in [0.717, 1.165) is 40.6 Å². The number of benzene rings is 3. The van der Waals surface area contributed by atoms with Crippen LogP contribution in [0, 0.1) is 6.92 Å². The molecule has 0 spiro atoms. The third kappa shape index (κ3) is 4.73. The summed E-state index contributed by atoms with van der Waals surface area (Å²) in [5, 5.41) is 5.65. The summed E-state index contributed by atoms with van der Waals surface area (Å²) in [6, 6.07) is 27.0. The van der Waals surface area contributed by atoms with Gasteiger partial charge < -0.3 is 14.5 Å². The summed E-state index contributed by atoms with van der Waals surface area (Å²) in [6.07, 6.45) is 7.92. The van der Waals surface area contributed by atoms with Gasteiger partial charge in [-0.25, -0.2) is 9.67 Å². The number of pyridine rings is 1. The number of aryl methyl sites for hydroxylation is 1. The maximum Gasteiger partial charge on any atom is 0.154 e. The van der Waals surface area contributed by atoms with E-state index in [2.05, 4.69) is 109 Å². The molecular formula is C32H31N5O. The van der Waals surface area contributed by atoms with Crippen molar-refractivity contribution in [2.45, 2.75) is 33.1 Å². The van der Waals surface area contributed by atoms with Crippen LogP contribution in [0.15, 0.2) is 104 Å². The molecule has 0 saturated carbocycles. The van der Waals surface area contributed by atoms with Gasteiger partial charge in [-0.1, -0.05) is 44.5 Å². The van der Waals surface area contributed by atoms with Crippen LogP contribution in [0.2, 0.25) is 0 Å². The van der Waals surface area contributed by atoms with Crippen molar-refractivity contribution in [3.63, 3.8) is 0 Å². The highest BCUT2D eigenvalue weighted by molar-refractivity contribution is 5.81. The van der Waals surface area contributed by atoms with Crippen LogP contribution in [-0.4, -0.2) is 21.4 Å². The van der Waals surface area contributed by atoms with E-state index in [-0.39, 0.29) is 5.41 Å². The second-order valence-corrected chi connectivity index (χ2v) is 10.7. The fourth-order valence-corrected chi connectivity index (χ4v) is 4.60. The number of hydrogen-bond acceptors (Lipinski definition) is 5. The van der Waals surface area contributed by atoms with Crippen molar-refractivity contribution in [3.8, 4) is 17.3 Å². The minimum atomic E-state index is 0.0294. The molecule has 0 fully saturated rings. The molecule has 0 aliphatic carbocycles. The van der Waals surface area contributed by atoms with Crippen molar-refractivity contribution in [3.05, 3.63) is 115 Å². The lowest BCUT2D eigenvalue weighted by Crippen LogP contribution is -2.24. The molecule has 0 atom stereocenters. The van der Waals surface area contributed by atoms with Gasteiger partial charge in [0, 0.05) is 47.5 Å². The molecule has 0 N–H and O–H groups in total. The molecule has 3 aromatic carbocycles. The first-order valence-corrected chi connectivity index (χ1v) is 12.8. The summed E-state index contributed by atoms with van der Waals surface area (Å²) in [5.74, 6) is 2.33. The predicted octanol–water partition coefficient (Wildman–Crippen LogP) is 7.57. The Hall–Kier alpha value is -4.58. The highest BCUT2D eigenvalue weighted by atomic mass is 16.5. The molecule has 5 aromatic rings. The summed E-state index contributed by atoms with van der Waals surface area (Å²) in [7, 11) is 0. The van der Waals surface area contributed by atoms with E-state index >= 15 is 0 Å². The lowest BCUT2D eigenvalue weighted by atomic mass is 9.88. The summed E-state index contributed by atoms with van der Waals surface area (Å²) in [4.78, 5) is 9.02. The fraction of sp³-hybridized carbons (Fsp3) is 0.188. The van der Waals surface area contributed by atoms with Gasteiger partial charge in [0.05, 0.1) is 18.4 Å². The zero-order valence-electron chi connectivity index (χ0n) is 22.2. The first kappa shape index (κ1) is 23.8. The van der Waals surface area contributed by atoms with Crippen LogP contribution in [0.4, 0.5) is 11.4 Å². The molecule has 1 aliphatic heterocycles. The van der Waals surface area contributed by atoms with Crippen molar-refractivity contribution in [2.75, 3.05) is 16.5 Å². The number of anilines is 2. The second kappa shape index (κ2) is 9.38. The average molecular weight is 502 g/mol. The third-order valence-electron chi connectivity index (χ3n) is 6.85. The molecule has 0 radical (unpaired) electrons. The molecule has 6 rings (SSSR count). The number of nitrogens with zero attached hydrogens (tertiary/aromatic N) is 5. The smallest absolute Gasteiger partial charge is 0.154 e. The molecule has 1 aliphatic rings. The minimum absolute atomic E-state index is 0.0294. The average Bonchev–Trinajstić information content (AvgIpc) is 3.57. The van der Waals surface area contributed by atoms with E-state index in [4.69, 9.17) is 4.74 Å². The van der Waals surface area contributed by atoms with Crippen LogP contribution in [0.1, 0.15) is 31.9 Å². The molecule has 0 bridgehead atoms. The summed E-state index contributed by atoms with van der Waals surface area (Å²) in [5.41, 5.74) is 5.70. The van der Waals surface area contributed by atoms with Gasteiger partial charge >= 0.3 is 0 Å². The zero-order chi connectivity index (χ0) is 26.3. The molecule has 2 aromatic heterocycles. The molecule has 3 heterocycles. The van der Waals surface area contributed by atoms with Gasteiger partial charge in [0.1, 0.15) is 11.5 Å². The Morgan fingerprint density at radius 2 is 1.55 bits per heavy atom. The topological polar surface area (TPSA) is 46.4 Å². The van der Waals surface area contributed by atoms with Crippen molar-refractivity contribution in [1.29, 1.82) is 0 Å². The summed E-state index contributed by atoms with van der Waals surface area (Å²) >= 11 is 0. The first-order chi connectivity index (χ1) is 18.3. The van der Waals surface area contributed by atoms with E-state index in [1.54, 1.807) is 0 Å². The van der Waals surface area contributed by atoms with E-state index in [0.29, 0.717) is 0 Å². The Kier molecular flexibility index (Phi) is 5.87.